The smallest absolute Gasteiger partial charge is 0.232 e. The van der Waals surface area contributed by atoms with E-state index in [1.807, 2.05) is 6.92 Å². The molecule has 0 aliphatic carbocycles. The van der Waals surface area contributed by atoms with Crippen LogP contribution in [0.4, 0.5) is 0 Å². The van der Waals surface area contributed by atoms with Gasteiger partial charge in [-0.15, -0.1) is 0 Å². The van der Waals surface area contributed by atoms with Gasteiger partial charge in [-0.1, -0.05) is 30.7 Å². The number of benzene rings is 1. The van der Waals surface area contributed by atoms with Crippen LogP contribution in [-0.2, 0) is 15.6 Å². The van der Waals surface area contributed by atoms with Gasteiger partial charge >= 0.3 is 0 Å². The van der Waals surface area contributed by atoms with Crippen molar-refractivity contribution in [1.29, 1.82) is 0 Å². The summed E-state index contributed by atoms with van der Waals surface area (Å²) in [4.78, 5) is 23.2. The van der Waals surface area contributed by atoms with E-state index in [2.05, 4.69) is 5.32 Å². The van der Waals surface area contributed by atoms with Gasteiger partial charge in [0.15, 0.2) is 5.78 Å². The number of hydrogen-bond acceptors (Lipinski definition) is 3. The molecule has 4 nitrogen and oxygen atoms in total. The Labute approximate surface area is 120 Å². The zero-order valence-corrected chi connectivity index (χ0v) is 12.2. The lowest BCUT2D eigenvalue weighted by atomic mass is 10.1. The molecule has 0 radical (unpaired) electrons. The van der Waals surface area contributed by atoms with Gasteiger partial charge in [0.25, 0.3) is 0 Å². The van der Waals surface area contributed by atoms with Crippen molar-refractivity contribution >= 4 is 34.1 Å². The third-order valence-electron chi connectivity index (χ3n) is 2.33. The molecule has 0 saturated heterocycles. The molecule has 1 N–H and O–H groups in total. The standard InChI is InChI=1S/C13H16ClNO3S/c1-2-7-15-13(17)9-19(18)8-12(16)10-5-3-4-6-11(10)14/h3-6H,2,7-9H2,1H3,(H,15,17). The topological polar surface area (TPSA) is 63.2 Å². The highest BCUT2D eigenvalue weighted by molar-refractivity contribution is 7.86. The summed E-state index contributed by atoms with van der Waals surface area (Å²) < 4.78 is 11.7. The molecule has 0 aromatic heterocycles. The summed E-state index contributed by atoms with van der Waals surface area (Å²) in [6, 6.07) is 6.59. The van der Waals surface area contributed by atoms with Gasteiger partial charge in [0.1, 0.15) is 5.75 Å². The molecule has 0 aliphatic rings. The molecular formula is C13H16ClNO3S. The SMILES string of the molecule is CCCNC(=O)CS(=O)CC(=O)c1ccccc1Cl. The van der Waals surface area contributed by atoms with E-state index in [-0.39, 0.29) is 23.2 Å². The maximum Gasteiger partial charge on any atom is 0.232 e. The van der Waals surface area contributed by atoms with E-state index in [0.29, 0.717) is 17.1 Å². The van der Waals surface area contributed by atoms with Gasteiger partial charge < -0.3 is 5.32 Å². The summed E-state index contributed by atoms with van der Waals surface area (Å²) >= 11 is 5.88. The minimum Gasteiger partial charge on any atom is -0.355 e. The molecule has 0 heterocycles. The summed E-state index contributed by atoms with van der Waals surface area (Å²) in [5, 5.41) is 2.95. The molecule has 1 rings (SSSR count). The van der Waals surface area contributed by atoms with Crippen LogP contribution in [0.3, 0.4) is 0 Å². The van der Waals surface area contributed by atoms with Crippen molar-refractivity contribution in [3.05, 3.63) is 34.9 Å². The monoisotopic (exact) mass is 301 g/mol. The highest BCUT2D eigenvalue weighted by Gasteiger charge is 2.15. The van der Waals surface area contributed by atoms with E-state index in [4.69, 9.17) is 11.6 Å². The zero-order chi connectivity index (χ0) is 14.3. The van der Waals surface area contributed by atoms with Crippen molar-refractivity contribution in [3.8, 4) is 0 Å². The lowest BCUT2D eigenvalue weighted by molar-refractivity contribution is -0.118. The Morgan fingerprint density at radius 3 is 2.58 bits per heavy atom. The third-order valence-corrected chi connectivity index (χ3v) is 3.83. The second-order valence-electron chi connectivity index (χ2n) is 3.98. The first kappa shape index (κ1) is 15.9. The number of amides is 1. The Balaban J connectivity index is 2.51. The minimum atomic E-state index is -1.51. The van der Waals surface area contributed by atoms with Gasteiger partial charge in [-0.3, -0.25) is 13.8 Å². The van der Waals surface area contributed by atoms with Crippen molar-refractivity contribution in [2.75, 3.05) is 18.1 Å². The number of hydrogen-bond donors (Lipinski definition) is 1. The number of halogens is 1. The van der Waals surface area contributed by atoms with Gasteiger partial charge in [0, 0.05) is 22.9 Å². The number of carbonyl (C=O) groups is 2. The summed E-state index contributed by atoms with van der Waals surface area (Å²) in [6.45, 7) is 2.48. The normalized spacial score (nSPS) is 11.9. The van der Waals surface area contributed by atoms with Gasteiger partial charge in [-0.05, 0) is 18.6 Å². The largest absolute Gasteiger partial charge is 0.355 e. The second-order valence-corrected chi connectivity index (χ2v) is 5.85. The van der Waals surface area contributed by atoms with Gasteiger partial charge in [0.2, 0.25) is 5.91 Å². The Kier molecular flexibility index (Phi) is 6.73. The highest BCUT2D eigenvalue weighted by atomic mass is 35.5. The Bertz CT molecular complexity index is 491. The van der Waals surface area contributed by atoms with Crippen LogP contribution in [0, 0.1) is 0 Å². The van der Waals surface area contributed by atoms with E-state index >= 15 is 0 Å². The fourth-order valence-electron chi connectivity index (χ4n) is 1.42. The van der Waals surface area contributed by atoms with Crippen LogP contribution in [-0.4, -0.2) is 33.9 Å². The maximum absolute atomic E-state index is 11.9. The molecule has 0 spiro atoms. The molecule has 1 unspecified atom stereocenters. The molecule has 104 valence electrons. The molecule has 0 saturated carbocycles. The molecule has 0 aliphatic heterocycles. The first-order valence-electron chi connectivity index (χ1n) is 5.94. The molecule has 0 bridgehead atoms. The van der Waals surface area contributed by atoms with E-state index in [9.17, 15) is 13.8 Å². The average molecular weight is 302 g/mol. The predicted octanol–water partition coefficient (Wildman–Crippen LogP) is 1.80. The summed E-state index contributed by atoms with van der Waals surface area (Å²) in [6.07, 6.45) is 0.816. The van der Waals surface area contributed by atoms with E-state index in [0.717, 1.165) is 6.42 Å². The van der Waals surface area contributed by atoms with Gasteiger partial charge in [-0.2, -0.15) is 0 Å². The molecular weight excluding hydrogens is 286 g/mol. The fourth-order valence-corrected chi connectivity index (χ4v) is 2.61. The number of ketones is 1. The maximum atomic E-state index is 11.9. The molecule has 19 heavy (non-hydrogen) atoms. The number of Topliss-reactive ketones (excluding diaryl/α,β-unsaturated/α-hetero) is 1. The van der Waals surface area contributed by atoms with Crippen LogP contribution >= 0.6 is 11.6 Å². The summed E-state index contributed by atoms with van der Waals surface area (Å²) in [5.41, 5.74) is 0.339. The molecule has 1 aromatic rings. The van der Waals surface area contributed by atoms with E-state index in [1.165, 1.54) is 0 Å². The first-order chi connectivity index (χ1) is 9.04. The molecule has 1 amide bonds. The quantitative estimate of drug-likeness (QED) is 0.781. The van der Waals surface area contributed by atoms with Crippen LogP contribution in [0.1, 0.15) is 23.7 Å². The van der Waals surface area contributed by atoms with E-state index in [1.54, 1.807) is 24.3 Å². The van der Waals surface area contributed by atoms with Gasteiger partial charge in [0.05, 0.1) is 10.8 Å². The minimum absolute atomic E-state index is 0.157. The van der Waals surface area contributed by atoms with Crippen LogP contribution in [0.15, 0.2) is 24.3 Å². The van der Waals surface area contributed by atoms with Crippen LogP contribution in [0.2, 0.25) is 5.02 Å². The Morgan fingerprint density at radius 2 is 1.95 bits per heavy atom. The average Bonchev–Trinajstić information content (AvgIpc) is 2.36. The van der Waals surface area contributed by atoms with Crippen molar-refractivity contribution in [2.45, 2.75) is 13.3 Å². The zero-order valence-electron chi connectivity index (χ0n) is 10.6. The lowest BCUT2D eigenvalue weighted by Crippen LogP contribution is -2.30. The predicted molar refractivity (Wildman–Crippen MR) is 77.0 cm³/mol. The van der Waals surface area contributed by atoms with Crippen molar-refractivity contribution < 1.29 is 13.8 Å². The Morgan fingerprint density at radius 1 is 1.26 bits per heavy atom. The second kappa shape index (κ2) is 8.07. The first-order valence-corrected chi connectivity index (χ1v) is 7.80. The number of carbonyl (C=O) groups excluding carboxylic acids is 2. The summed E-state index contributed by atoms with van der Waals surface area (Å²) in [5.74, 6) is -0.959. The number of rotatable bonds is 7. The highest BCUT2D eigenvalue weighted by Crippen LogP contribution is 2.15. The Hall–Kier alpha value is -1.20. The van der Waals surface area contributed by atoms with Gasteiger partial charge in [-0.25, -0.2) is 0 Å². The van der Waals surface area contributed by atoms with Crippen LogP contribution in [0.5, 0.6) is 0 Å². The molecule has 0 fully saturated rings. The van der Waals surface area contributed by atoms with E-state index < -0.39 is 10.8 Å². The fraction of sp³-hybridized carbons (Fsp3) is 0.385. The van der Waals surface area contributed by atoms with Crippen molar-refractivity contribution in [2.24, 2.45) is 0 Å². The van der Waals surface area contributed by atoms with Crippen LogP contribution < -0.4 is 5.32 Å². The lowest BCUT2D eigenvalue weighted by Gasteiger charge is -2.05. The summed E-state index contributed by atoms with van der Waals surface area (Å²) in [7, 11) is -1.51. The molecule has 1 atom stereocenters. The van der Waals surface area contributed by atoms with Crippen molar-refractivity contribution in [1.82, 2.24) is 5.32 Å². The van der Waals surface area contributed by atoms with Crippen molar-refractivity contribution in [3.63, 3.8) is 0 Å². The number of nitrogens with one attached hydrogen (secondary N) is 1. The van der Waals surface area contributed by atoms with Crippen LogP contribution in [0.25, 0.3) is 0 Å². The molecule has 1 aromatic carbocycles. The third kappa shape index (κ3) is 5.53. The molecule has 6 heteroatoms.